The summed E-state index contributed by atoms with van der Waals surface area (Å²) in [5.74, 6) is -0.0408. The van der Waals surface area contributed by atoms with Crippen molar-refractivity contribution in [3.8, 4) is 0 Å². The van der Waals surface area contributed by atoms with E-state index in [1.807, 2.05) is 6.07 Å². The molecule has 4 rings (SSSR count). The summed E-state index contributed by atoms with van der Waals surface area (Å²) in [5, 5.41) is 1.13. The second-order valence-electron chi connectivity index (χ2n) is 6.19. The van der Waals surface area contributed by atoms with Gasteiger partial charge in [0.15, 0.2) is 0 Å². The monoisotopic (exact) mass is 356 g/mol. The maximum absolute atomic E-state index is 12.6. The number of hydrogen-bond donors (Lipinski definition) is 0. The van der Waals surface area contributed by atoms with E-state index in [2.05, 4.69) is 32.4 Å². The minimum absolute atomic E-state index is 0.0408. The Morgan fingerprint density at radius 2 is 2.12 bits per heavy atom. The molecular weight excluding hydrogens is 336 g/mol. The largest absolute Gasteiger partial charge is 0.379 e. The van der Waals surface area contributed by atoms with Crippen LogP contribution in [-0.2, 0) is 11.3 Å². The number of ketones is 1. The number of carbonyl (C=O) groups is 1. The highest BCUT2D eigenvalue weighted by Gasteiger charge is 2.18. The molecule has 0 unspecified atom stereocenters. The van der Waals surface area contributed by atoms with Gasteiger partial charge in [0.05, 0.1) is 18.1 Å². The van der Waals surface area contributed by atoms with Crippen LogP contribution in [0.4, 0.5) is 0 Å². The number of morpholine rings is 1. The van der Waals surface area contributed by atoms with Crippen molar-refractivity contribution in [3.63, 3.8) is 0 Å². The van der Waals surface area contributed by atoms with E-state index < -0.39 is 0 Å². The second-order valence-corrected chi connectivity index (χ2v) is 7.22. The second kappa shape index (κ2) is 7.03. The van der Waals surface area contributed by atoms with E-state index in [4.69, 9.17) is 4.74 Å². The van der Waals surface area contributed by atoms with Gasteiger partial charge in [-0.15, -0.1) is 11.3 Å². The zero-order chi connectivity index (χ0) is 17.2. The SMILES string of the molecule is Cc1cc2cc(C(=O)c3ccncn3)sc2n1CCN1CCOCC1. The molecule has 1 fully saturated rings. The van der Waals surface area contributed by atoms with Gasteiger partial charge >= 0.3 is 0 Å². The molecule has 4 heterocycles. The molecular formula is C18H20N4O2S. The first-order valence-electron chi connectivity index (χ1n) is 8.43. The highest BCUT2D eigenvalue weighted by molar-refractivity contribution is 7.20. The van der Waals surface area contributed by atoms with Gasteiger partial charge in [-0.25, -0.2) is 9.97 Å². The highest BCUT2D eigenvalue weighted by atomic mass is 32.1. The van der Waals surface area contributed by atoms with Gasteiger partial charge in [-0.05, 0) is 25.1 Å². The van der Waals surface area contributed by atoms with Crippen LogP contribution in [0.5, 0.6) is 0 Å². The highest BCUT2D eigenvalue weighted by Crippen LogP contribution is 2.30. The van der Waals surface area contributed by atoms with Crippen molar-refractivity contribution in [3.05, 3.63) is 47.0 Å². The fourth-order valence-electron chi connectivity index (χ4n) is 3.18. The molecule has 1 aliphatic rings. The number of thiophene rings is 1. The van der Waals surface area contributed by atoms with Gasteiger partial charge in [0.2, 0.25) is 5.78 Å². The van der Waals surface area contributed by atoms with Crippen molar-refractivity contribution in [1.29, 1.82) is 0 Å². The van der Waals surface area contributed by atoms with E-state index in [0.29, 0.717) is 5.69 Å². The molecule has 0 aliphatic carbocycles. The molecule has 3 aromatic heterocycles. The molecule has 0 aromatic carbocycles. The number of rotatable bonds is 5. The van der Waals surface area contributed by atoms with Gasteiger partial charge in [-0.2, -0.15) is 0 Å². The first kappa shape index (κ1) is 16.4. The van der Waals surface area contributed by atoms with Crippen molar-refractivity contribution >= 4 is 27.3 Å². The van der Waals surface area contributed by atoms with Crippen LogP contribution in [-0.4, -0.2) is 58.1 Å². The summed E-state index contributed by atoms with van der Waals surface area (Å²) in [6.45, 7) is 7.67. The summed E-state index contributed by atoms with van der Waals surface area (Å²) in [5.41, 5.74) is 1.67. The Kier molecular flexibility index (Phi) is 4.61. The van der Waals surface area contributed by atoms with Gasteiger partial charge < -0.3 is 9.30 Å². The summed E-state index contributed by atoms with van der Waals surface area (Å²) in [6, 6.07) is 5.79. The lowest BCUT2D eigenvalue weighted by molar-refractivity contribution is 0.0365. The Morgan fingerprint density at radius 3 is 2.88 bits per heavy atom. The molecule has 6 nitrogen and oxygen atoms in total. The first-order chi connectivity index (χ1) is 12.2. The number of aryl methyl sites for hydroxylation is 1. The molecule has 0 radical (unpaired) electrons. The lowest BCUT2D eigenvalue weighted by atomic mass is 10.2. The molecule has 1 aliphatic heterocycles. The van der Waals surface area contributed by atoms with E-state index >= 15 is 0 Å². The molecule has 1 saturated heterocycles. The average molecular weight is 356 g/mol. The fourth-order valence-corrected chi connectivity index (χ4v) is 4.35. The van der Waals surface area contributed by atoms with Crippen LogP contribution in [0.15, 0.2) is 30.7 Å². The van der Waals surface area contributed by atoms with Crippen LogP contribution in [0, 0.1) is 6.92 Å². The fraction of sp³-hybridized carbons (Fsp3) is 0.389. The van der Waals surface area contributed by atoms with Crippen molar-refractivity contribution in [2.75, 3.05) is 32.8 Å². The van der Waals surface area contributed by atoms with Gasteiger partial charge in [-0.3, -0.25) is 9.69 Å². The summed E-state index contributed by atoms with van der Waals surface area (Å²) in [7, 11) is 0. The summed E-state index contributed by atoms with van der Waals surface area (Å²) in [6.07, 6.45) is 3.01. The lowest BCUT2D eigenvalue weighted by Gasteiger charge is -2.26. The molecule has 7 heteroatoms. The van der Waals surface area contributed by atoms with Crippen LogP contribution in [0.1, 0.15) is 21.1 Å². The van der Waals surface area contributed by atoms with Crippen LogP contribution in [0.25, 0.3) is 10.2 Å². The number of ether oxygens (including phenoxy) is 1. The molecule has 0 N–H and O–H groups in total. The molecule has 0 saturated carbocycles. The molecule has 0 bridgehead atoms. The van der Waals surface area contributed by atoms with Crippen molar-refractivity contribution < 1.29 is 9.53 Å². The van der Waals surface area contributed by atoms with Crippen LogP contribution < -0.4 is 0 Å². The topological polar surface area (TPSA) is 60.2 Å². The first-order valence-corrected chi connectivity index (χ1v) is 9.24. The average Bonchev–Trinajstić information content (AvgIpc) is 3.18. The molecule has 0 amide bonds. The van der Waals surface area contributed by atoms with Crippen molar-refractivity contribution in [2.24, 2.45) is 0 Å². The lowest BCUT2D eigenvalue weighted by Crippen LogP contribution is -2.38. The minimum Gasteiger partial charge on any atom is -0.379 e. The number of fused-ring (bicyclic) bond motifs is 1. The Hall–Kier alpha value is -2.09. The maximum Gasteiger partial charge on any atom is 0.221 e. The summed E-state index contributed by atoms with van der Waals surface area (Å²) in [4.78, 5) is 24.9. The third-order valence-electron chi connectivity index (χ3n) is 4.56. The van der Waals surface area contributed by atoms with Gasteiger partial charge in [0.1, 0.15) is 16.9 Å². The van der Waals surface area contributed by atoms with Crippen molar-refractivity contribution in [2.45, 2.75) is 13.5 Å². The minimum atomic E-state index is -0.0408. The van der Waals surface area contributed by atoms with E-state index in [-0.39, 0.29) is 5.78 Å². The number of aromatic nitrogens is 3. The van der Waals surface area contributed by atoms with Crippen LogP contribution >= 0.6 is 11.3 Å². The molecule has 0 atom stereocenters. The Morgan fingerprint density at radius 1 is 1.28 bits per heavy atom. The molecule has 130 valence electrons. The van der Waals surface area contributed by atoms with E-state index in [1.165, 1.54) is 12.0 Å². The normalized spacial score (nSPS) is 15.7. The van der Waals surface area contributed by atoms with Gasteiger partial charge in [0, 0.05) is 43.5 Å². The molecule has 3 aromatic rings. The third-order valence-corrected chi connectivity index (χ3v) is 5.73. The van der Waals surface area contributed by atoms with Gasteiger partial charge in [-0.1, -0.05) is 0 Å². The predicted octanol–water partition coefficient (Wildman–Crippen LogP) is 2.36. The number of hydrogen-bond acceptors (Lipinski definition) is 6. The number of carbonyl (C=O) groups excluding carboxylic acids is 1. The third kappa shape index (κ3) is 3.35. The quantitative estimate of drug-likeness (QED) is 0.657. The zero-order valence-electron chi connectivity index (χ0n) is 14.1. The van der Waals surface area contributed by atoms with Crippen molar-refractivity contribution in [1.82, 2.24) is 19.4 Å². The van der Waals surface area contributed by atoms with E-state index in [1.54, 1.807) is 23.6 Å². The Balaban J connectivity index is 1.56. The molecule has 25 heavy (non-hydrogen) atoms. The van der Waals surface area contributed by atoms with E-state index in [9.17, 15) is 4.79 Å². The Bertz CT molecular complexity index is 881. The van der Waals surface area contributed by atoms with E-state index in [0.717, 1.165) is 54.5 Å². The van der Waals surface area contributed by atoms with Crippen LogP contribution in [0.2, 0.25) is 0 Å². The van der Waals surface area contributed by atoms with Crippen LogP contribution in [0.3, 0.4) is 0 Å². The molecule has 0 spiro atoms. The standard InChI is InChI=1S/C18H20N4O2S/c1-13-10-14-11-16(17(23)15-2-3-19-12-20-15)25-18(14)22(13)5-4-21-6-8-24-9-7-21/h2-3,10-12H,4-9H2,1H3. The Labute approximate surface area is 150 Å². The predicted molar refractivity (Wildman–Crippen MR) is 97.3 cm³/mol. The number of nitrogens with zero attached hydrogens (tertiary/aromatic N) is 4. The summed E-state index contributed by atoms with van der Waals surface area (Å²) < 4.78 is 7.72. The zero-order valence-corrected chi connectivity index (χ0v) is 15.0. The van der Waals surface area contributed by atoms with Gasteiger partial charge in [0.25, 0.3) is 0 Å². The maximum atomic E-state index is 12.6. The smallest absolute Gasteiger partial charge is 0.221 e. The summed E-state index contributed by atoms with van der Waals surface area (Å²) >= 11 is 1.54.